The van der Waals surface area contributed by atoms with Crippen molar-refractivity contribution in [1.29, 1.82) is 0 Å². The van der Waals surface area contributed by atoms with E-state index in [0.717, 1.165) is 25.5 Å². The molecule has 1 aliphatic rings. The first-order chi connectivity index (χ1) is 4.43. The summed E-state index contributed by atoms with van der Waals surface area (Å²) < 4.78 is 5.12. The Balaban J connectivity index is 2.11. The molecule has 3 heteroatoms. The molecule has 0 bridgehead atoms. The van der Waals surface area contributed by atoms with E-state index in [2.05, 4.69) is 10.3 Å². The predicted molar refractivity (Wildman–Crippen MR) is 36.8 cm³/mol. The summed E-state index contributed by atoms with van der Waals surface area (Å²) >= 11 is 0. The van der Waals surface area contributed by atoms with E-state index >= 15 is 0 Å². The normalized spacial score (nSPS) is 17.2. The highest BCUT2D eigenvalue weighted by Crippen LogP contribution is 1.85. The van der Waals surface area contributed by atoms with Gasteiger partial charge >= 0.3 is 0 Å². The second kappa shape index (κ2) is 3.45. The van der Waals surface area contributed by atoms with Crippen molar-refractivity contribution < 1.29 is 4.74 Å². The molecule has 0 atom stereocenters. The number of hydrogen-bond acceptors (Lipinski definition) is 3. The Morgan fingerprint density at radius 2 is 2.67 bits per heavy atom. The average Bonchev–Trinajstić information content (AvgIpc) is 2.34. The van der Waals surface area contributed by atoms with Crippen LogP contribution in [0.5, 0.6) is 0 Å². The van der Waals surface area contributed by atoms with Crippen molar-refractivity contribution in [1.82, 2.24) is 5.32 Å². The molecule has 1 N–H and O–H groups in total. The monoisotopic (exact) mass is 128 g/mol. The van der Waals surface area contributed by atoms with E-state index in [9.17, 15) is 0 Å². The van der Waals surface area contributed by atoms with E-state index in [1.807, 2.05) is 6.92 Å². The molecule has 0 aliphatic carbocycles. The molecule has 0 fully saturated rings. The number of hydrogen-bond donors (Lipinski definition) is 1. The third-order valence-corrected chi connectivity index (χ3v) is 1.19. The third-order valence-electron chi connectivity index (χ3n) is 1.19. The fraction of sp³-hybridized carbons (Fsp3) is 0.833. The Bertz CT molecular complexity index is 112. The molecule has 0 aromatic rings. The maximum Gasteiger partial charge on any atom is 0.123 e. The molecular formula is C6H12N2O. The van der Waals surface area contributed by atoms with Gasteiger partial charge in [0.05, 0.1) is 6.54 Å². The molecule has 0 unspecified atom stereocenters. The Labute approximate surface area is 55.1 Å². The van der Waals surface area contributed by atoms with Crippen LogP contribution < -0.4 is 5.32 Å². The van der Waals surface area contributed by atoms with Gasteiger partial charge in [-0.2, -0.15) is 0 Å². The van der Waals surface area contributed by atoms with Crippen LogP contribution in [-0.2, 0) is 4.74 Å². The lowest BCUT2D eigenvalue weighted by Crippen LogP contribution is -2.23. The molecule has 0 aromatic carbocycles. The van der Waals surface area contributed by atoms with Crippen LogP contribution in [0.15, 0.2) is 4.99 Å². The van der Waals surface area contributed by atoms with E-state index in [1.165, 1.54) is 0 Å². The van der Waals surface area contributed by atoms with E-state index < -0.39 is 0 Å². The Morgan fingerprint density at radius 1 is 1.78 bits per heavy atom. The first-order valence-electron chi connectivity index (χ1n) is 3.28. The molecule has 0 amide bonds. The Kier molecular flexibility index (Phi) is 2.51. The van der Waals surface area contributed by atoms with E-state index in [4.69, 9.17) is 4.74 Å². The van der Waals surface area contributed by atoms with Gasteiger partial charge in [-0.1, -0.05) is 0 Å². The van der Waals surface area contributed by atoms with Crippen molar-refractivity contribution >= 4 is 5.84 Å². The fourth-order valence-electron chi connectivity index (χ4n) is 0.742. The third kappa shape index (κ3) is 2.01. The van der Waals surface area contributed by atoms with Crippen molar-refractivity contribution in [3.05, 3.63) is 0 Å². The van der Waals surface area contributed by atoms with Crippen LogP contribution in [0.3, 0.4) is 0 Å². The second-order valence-electron chi connectivity index (χ2n) is 1.89. The minimum atomic E-state index is 0.649. The summed E-state index contributed by atoms with van der Waals surface area (Å²) in [4.78, 5) is 4.15. The number of ether oxygens (including phenoxy) is 1. The lowest BCUT2D eigenvalue weighted by molar-refractivity contribution is 0.186. The number of rotatable bonds is 3. The number of aliphatic imine (C=N–C) groups is 1. The van der Waals surface area contributed by atoms with Crippen LogP contribution in [0.4, 0.5) is 0 Å². The smallest absolute Gasteiger partial charge is 0.123 e. The molecule has 0 saturated heterocycles. The van der Waals surface area contributed by atoms with Gasteiger partial charge in [-0.15, -0.1) is 0 Å². The highest BCUT2D eigenvalue weighted by atomic mass is 16.5. The van der Waals surface area contributed by atoms with Gasteiger partial charge in [-0.3, -0.25) is 4.99 Å². The standard InChI is InChI=1S/C6H12N2O/c1-2-9-5-6-7-3-4-8-6/h2-5H2,1H3,(H,7,8). The SMILES string of the molecule is CCOCC1=NCCN1. The van der Waals surface area contributed by atoms with Gasteiger partial charge in [0.15, 0.2) is 0 Å². The maximum atomic E-state index is 5.12. The van der Waals surface area contributed by atoms with Gasteiger partial charge in [0.25, 0.3) is 0 Å². The van der Waals surface area contributed by atoms with Crippen LogP contribution in [0, 0.1) is 0 Å². The maximum absolute atomic E-state index is 5.12. The molecule has 0 spiro atoms. The van der Waals surface area contributed by atoms with Crippen molar-refractivity contribution in [2.24, 2.45) is 4.99 Å². The van der Waals surface area contributed by atoms with E-state index in [1.54, 1.807) is 0 Å². The molecule has 0 saturated carbocycles. The zero-order valence-corrected chi connectivity index (χ0v) is 5.68. The summed E-state index contributed by atoms with van der Waals surface area (Å²) in [5.41, 5.74) is 0. The molecule has 3 nitrogen and oxygen atoms in total. The van der Waals surface area contributed by atoms with Gasteiger partial charge in [-0.25, -0.2) is 0 Å². The van der Waals surface area contributed by atoms with Gasteiger partial charge < -0.3 is 10.1 Å². The van der Waals surface area contributed by atoms with Gasteiger partial charge in [0, 0.05) is 13.2 Å². The second-order valence-corrected chi connectivity index (χ2v) is 1.89. The number of nitrogens with zero attached hydrogens (tertiary/aromatic N) is 1. The van der Waals surface area contributed by atoms with E-state index in [-0.39, 0.29) is 0 Å². The highest BCUT2D eigenvalue weighted by molar-refractivity contribution is 5.84. The van der Waals surface area contributed by atoms with Crippen LogP contribution in [0.25, 0.3) is 0 Å². The lowest BCUT2D eigenvalue weighted by atomic mass is 10.6. The molecule has 1 heterocycles. The van der Waals surface area contributed by atoms with Gasteiger partial charge in [0.1, 0.15) is 12.4 Å². The summed E-state index contributed by atoms with van der Waals surface area (Å²) in [5.74, 6) is 0.997. The number of nitrogens with one attached hydrogen (secondary N) is 1. The lowest BCUT2D eigenvalue weighted by Gasteiger charge is -1.99. The predicted octanol–water partition coefficient (Wildman–Crippen LogP) is 0.0246. The zero-order chi connectivity index (χ0) is 6.53. The van der Waals surface area contributed by atoms with Crippen LogP contribution in [0.1, 0.15) is 6.92 Å². The van der Waals surface area contributed by atoms with Crippen molar-refractivity contribution in [2.75, 3.05) is 26.3 Å². The number of amidine groups is 1. The summed E-state index contributed by atoms with van der Waals surface area (Å²) in [5, 5.41) is 3.12. The van der Waals surface area contributed by atoms with Gasteiger partial charge in [0.2, 0.25) is 0 Å². The topological polar surface area (TPSA) is 33.6 Å². The first kappa shape index (κ1) is 6.55. The minimum absolute atomic E-state index is 0.649. The molecule has 52 valence electrons. The van der Waals surface area contributed by atoms with Gasteiger partial charge in [-0.05, 0) is 6.92 Å². The first-order valence-corrected chi connectivity index (χ1v) is 3.28. The van der Waals surface area contributed by atoms with Crippen LogP contribution in [0.2, 0.25) is 0 Å². The van der Waals surface area contributed by atoms with Crippen LogP contribution in [-0.4, -0.2) is 32.1 Å². The van der Waals surface area contributed by atoms with E-state index in [0.29, 0.717) is 6.61 Å². The van der Waals surface area contributed by atoms with Crippen molar-refractivity contribution in [3.63, 3.8) is 0 Å². The molecular weight excluding hydrogens is 116 g/mol. The van der Waals surface area contributed by atoms with Crippen LogP contribution >= 0.6 is 0 Å². The fourth-order valence-corrected chi connectivity index (χ4v) is 0.742. The Morgan fingerprint density at radius 3 is 3.22 bits per heavy atom. The molecule has 0 aromatic heterocycles. The summed E-state index contributed by atoms with van der Waals surface area (Å²) in [6, 6.07) is 0. The average molecular weight is 128 g/mol. The Hall–Kier alpha value is -0.570. The molecule has 9 heavy (non-hydrogen) atoms. The zero-order valence-electron chi connectivity index (χ0n) is 5.68. The quantitative estimate of drug-likeness (QED) is 0.581. The van der Waals surface area contributed by atoms with Crippen molar-refractivity contribution in [2.45, 2.75) is 6.92 Å². The molecule has 0 radical (unpaired) electrons. The largest absolute Gasteiger partial charge is 0.374 e. The molecule has 1 rings (SSSR count). The van der Waals surface area contributed by atoms with Crippen molar-refractivity contribution in [3.8, 4) is 0 Å². The highest BCUT2D eigenvalue weighted by Gasteiger charge is 2.02. The summed E-state index contributed by atoms with van der Waals surface area (Å²) in [6.45, 7) is 5.28. The molecule has 1 aliphatic heterocycles. The summed E-state index contributed by atoms with van der Waals surface area (Å²) in [6.07, 6.45) is 0. The minimum Gasteiger partial charge on any atom is -0.374 e. The summed E-state index contributed by atoms with van der Waals surface area (Å²) in [7, 11) is 0.